The first-order valence-corrected chi connectivity index (χ1v) is 14.7. The van der Waals surface area contributed by atoms with E-state index in [9.17, 15) is 9.59 Å². The second kappa shape index (κ2) is 11.7. The summed E-state index contributed by atoms with van der Waals surface area (Å²) in [5.41, 5.74) is 6.88. The molecular formula is C33H35N3O4S. The van der Waals surface area contributed by atoms with Crippen LogP contribution in [0, 0.1) is 20.8 Å². The van der Waals surface area contributed by atoms with Crippen LogP contribution in [-0.2, 0) is 9.53 Å². The molecule has 2 aromatic carbocycles. The van der Waals surface area contributed by atoms with E-state index in [4.69, 9.17) is 14.5 Å². The monoisotopic (exact) mass is 569 g/mol. The molecule has 0 spiro atoms. The molecular weight excluding hydrogens is 534 g/mol. The number of rotatable bonds is 8. The number of esters is 1. The van der Waals surface area contributed by atoms with Gasteiger partial charge in [-0.15, -0.1) is 0 Å². The van der Waals surface area contributed by atoms with E-state index in [2.05, 4.69) is 49.6 Å². The van der Waals surface area contributed by atoms with E-state index in [0.29, 0.717) is 38.3 Å². The van der Waals surface area contributed by atoms with E-state index in [1.165, 1.54) is 16.9 Å². The number of hydrogen-bond acceptors (Lipinski definition) is 6. The molecule has 0 aliphatic carbocycles. The van der Waals surface area contributed by atoms with Crippen molar-refractivity contribution in [3.05, 3.63) is 114 Å². The minimum Gasteiger partial charge on any atom is -0.496 e. The lowest BCUT2D eigenvalue weighted by Gasteiger charge is -2.26. The quantitative estimate of drug-likeness (QED) is 0.270. The second-order valence-electron chi connectivity index (χ2n) is 10.2. The summed E-state index contributed by atoms with van der Waals surface area (Å²) in [5.74, 6) is 0.125. The van der Waals surface area contributed by atoms with E-state index < -0.39 is 12.0 Å². The maximum absolute atomic E-state index is 14.2. The zero-order chi connectivity index (χ0) is 29.3. The topological polar surface area (TPSA) is 74.8 Å². The van der Waals surface area contributed by atoms with Crippen LogP contribution in [0.5, 0.6) is 5.75 Å². The number of fused-ring (bicyclic) bond motifs is 1. The highest BCUT2D eigenvalue weighted by Gasteiger charge is 2.35. The van der Waals surface area contributed by atoms with Crippen LogP contribution in [0.4, 0.5) is 0 Å². The molecule has 1 aliphatic rings. The Kier molecular flexibility index (Phi) is 8.13. The summed E-state index contributed by atoms with van der Waals surface area (Å²) in [4.78, 5) is 33.0. The normalized spacial score (nSPS) is 15.1. The highest BCUT2D eigenvalue weighted by molar-refractivity contribution is 7.07. The number of carbonyl (C=O) groups excluding carboxylic acids is 1. The second-order valence-corrected chi connectivity index (χ2v) is 11.2. The summed E-state index contributed by atoms with van der Waals surface area (Å²) in [6.45, 7) is 10.3. The van der Waals surface area contributed by atoms with Crippen LogP contribution in [-0.4, -0.2) is 28.8 Å². The van der Waals surface area contributed by atoms with E-state index >= 15 is 0 Å². The van der Waals surface area contributed by atoms with Crippen LogP contribution in [0.1, 0.15) is 60.8 Å². The first-order chi connectivity index (χ1) is 19.8. The zero-order valence-corrected chi connectivity index (χ0v) is 25.2. The van der Waals surface area contributed by atoms with Crippen LogP contribution in [0.2, 0.25) is 0 Å². The number of methoxy groups -OCH3 is 1. The predicted molar refractivity (Wildman–Crippen MR) is 163 cm³/mol. The van der Waals surface area contributed by atoms with Gasteiger partial charge in [0.2, 0.25) is 0 Å². The molecule has 0 radical (unpaired) electrons. The molecule has 8 heteroatoms. The fraction of sp³-hybridized carbons (Fsp3) is 0.303. The number of benzene rings is 2. The molecule has 3 heterocycles. The Morgan fingerprint density at radius 1 is 1.07 bits per heavy atom. The van der Waals surface area contributed by atoms with Gasteiger partial charge in [-0.2, -0.15) is 0 Å². The predicted octanol–water partition coefficient (Wildman–Crippen LogP) is 5.30. The van der Waals surface area contributed by atoms with Crippen molar-refractivity contribution in [2.24, 2.45) is 4.99 Å². The van der Waals surface area contributed by atoms with Gasteiger partial charge in [0.1, 0.15) is 11.8 Å². The zero-order valence-electron chi connectivity index (χ0n) is 24.4. The van der Waals surface area contributed by atoms with Gasteiger partial charge < -0.3 is 14.0 Å². The minimum atomic E-state index is -0.718. The van der Waals surface area contributed by atoms with Crippen molar-refractivity contribution < 1.29 is 14.3 Å². The van der Waals surface area contributed by atoms with E-state index in [0.717, 1.165) is 29.1 Å². The van der Waals surface area contributed by atoms with Gasteiger partial charge in [0.25, 0.3) is 5.56 Å². The van der Waals surface area contributed by atoms with Gasteiger partial charge in [0.05, 0.1) is 29.5 Å². The summed E-state index contributed by atoms with van der Waals surface area (Å²) < 4.78 is 15.6. The number of para-hydroxylation sites is 1. The number of ether oxygens (including phenoxy) is 2. The van der Waals surface area contributed by atoms with Crippen molar-refractivity contribution in [1.29, 1.82) is 0 Å². The van der Waals surface area contributed by atoms with Crippen molar-refractivity contribution >= 4 is 23.4 Å². The van der Waals surface area contributed by atoms with Gasteiger partial charge in [0.15, 0.2) is 4.80 Å². The lowest BCUT2D eigenvalue weighted by Crippen LogP contribution is -2.40. The molecule has 0 saturated heterocycles. The molecule has 0 fully saturated rings. The molecule has 41 heavy (non-hydrogen) atoms. The molecule has 4 aromatic rings. The van der Waals surface area contributed by atoms with E-state index in [1.807, 2.05) is 43.3 Å². The number of carbonyl (C=O) groups is 1. The van der Waals surface area contributed by atoms with E-state index in [1.54, 1.807) is 18.6 Å². The van der Waals surface area contributed by atoms with Gasteiger partial charge in [-0.3, -0.25) is 9.36 Å². The number of hydrogen-bond donors (Lipinski definition) is 0. The number of nitrogens with zero attached hydrogens (tertiary/aromatic N) is 3. The van der Waals surface area contributed by atoms with Gasteiger partial charge >= 0.3 is 5.97 Å². The fourth-order valence-electron chi connectivity index (χ4n) is 5.55. The maximum atomic E-state index is 14.2. The Labute approximate surface area is 243 Å². The van der Waals surface area contributed by atoms with Crippen LogP contribution < -0.4 is 19.6 Å². The fourth-order valence-corrected chi connectivity index (χ4v) is 6.56. The molecule has 0 N–H and O–H groups in total. The maximum Gasteiger partial charge on any atom is 0.338 e. The van der Waals surface area contributed by atoms with Crippen molar-refractivity contribution in [3.63, 3.8) is 0 Å². The largest absolute Gasteiger partial charge is 0.496 e. The molecule has 0 bridgehead atoms. The Bertz CT molecular complexity index is 1840. The molecule has 0 unspecified atom stereocenters. The number of aryl methyl sites for hydroxylation is 2. The average Bonchev–Trinajstić information content (AvgIpc) is 3.41. The van der Waals surface area contributed by atoms with Gasteiger partial charge in [-0.1, -0.05) is 55.0 Å². The summed E-state index contributed by atoms with van der Waals surface area (Å²) in [7, 11) is 1.59. The Hall–Kier alpha value is -4.17. The highest BCUT2D eigenvalue weighted by Crippen LogP contribution is 2.36. The standard InChI is InChI=1S/C33H35N3O4S/c1-7-12-26-29(32(38)40-8-2)30(25-15-9-10-16-27(25)39-6)36-31(37)28(41-33(36)34-26)19-23-18-21(4)35(22(23)5)24-14-11-13-20(3)17-24/h9-11,13-19,30H,7-8,12H2,1-6H3/b28-19+/t30-/m1/s1. The molecule has 0 amide bonds. The van der Waals surface area contributed by atoms with Crippen LogP contribution in [0.15, 0.2) is 75.7 Å². The Balaban J connectivity index is 1.75. The molecule has 7 nitrogen and oxygen atoms in total. The van der Waals surface area contributed by atoms with Crippen LogP contribution in [0.25, 0.3) is 11.8 Å². The number of thiazole rings is 1. The lowest BCUT2D eigenvalue weighted by molar-refractivity contribution is -0.139. The van der Waals surface area contributed by atoms with Crippen LogP contribution >= 0.6 is 11.3 Å². The summed E-state index contributed by atoms with van der Waals surface area (Å²) >= 11 is 1.34. The third-order valence-electron chi connectivity index (χ3n) is 7.34. The number of allylic oxidation sites excluding steroid dienone is 1. The molecule has 2 aromatic heterocycles. The summed E-state index contributed by atoms with van der Waals surface area (Å²) in [5, 5.41) is 0. The third kappa shape index (κ3) is 5.20. The summed E-state index contributed by atoms with van der Waals surface area (Å²) in [6, 6.07) is 17.2. The minimum absolute atomic E-state index is 0.206. The lowest BCUT2D eigenvalue weighted by atomic mass is 9.93. The van der Waals surface area contributed by atoms with Crippen molar-refractivity contribution in [3.8, 4) is 11.4 Å². The van der Waals surface area contributed by atoms with Crippen LogP contribution in [0.3, 0.4) is 0 Å². The van der Waals surface area contributed by atoms with E-state index in [-0.39, 0.29) is 12.2 Å². The van der Waals surface area contributed by atoms with Gasteiger partial charge in [0, 0.05) is 22.6 Å². The first kappa shape index (κ1) is 28.4. The third-order valence-corrected chi connectivity index (χ3v) is 8.33. The average molecular weight is 570 g/mol. The SMILES string of the molecule is CCCC1=C(C(=O)OCC)[C@@H](c2ccccc2OC)n2c(s/c(=C/c3cc(C)n(-c4cccc(C)c4)c3C)c2=O)=N1. The molecule has 1 atom stereocenters. The van der Waals surface area contributed by atoms with Crippen molar-refractivity contribution in [2.45, 2.75) is 53.5 Å². The van der Waals surface area contributed by atoms with Gasteiger partial charge in [-0.05, 0) is 75.6 Å². The highest BCUT2D eigenvalue weighted by atomic mass is 32.1. The van der Waals surface area contributed by atoms with Gasteiger partial charge in [-0.25, -0.2) is 9.79 Å². The molecule has 0 saturated carbocycles. The summed E-state index contributed by atoms with van der Waals surface area (Å²) in [6.07, 6.45) is 3.31. The van der Waals surface area contributed by atoms with Crippen molar-refractivity contribution in [2.75, 3.05) is 13.7 Å². The molecule has 1 aliphatic heterocycles. The first-order valence-electron chi connectivity index (χ1n) is 13.9. The Morgan fingerprint density at radius 3 is 2.56 bits per heavy atom. The molecule has 212 valence electrons. The number of aromatic nitrogens is 2. The molecule has 5 rings (SSSR count). The Morgan fingerprint density at radius 2 is 1.85 bits per heavy atom. The van der Waals surface area contributed by atoms with Crippen molar-refractivity contribution in [1.82, 2.24) is 9.13 Å². The smallest absolute Gasteiger partial charge is 0.338 e.